The minimum Gasteiger partial charge on any atom is -0.396 e. The largest absolute Gasteiger partial charge is 0.396 e. The minimum absolute atomic E-state index is 0.149. The number of piperidine rings is 1. The van der Waals surface area contributed by atoms with Crippen molar-refractivity contribution in [2.24, 2.45) is 5.92 Å². The maximum Gasteiger partial charge on any atom is 0.232 e. The summed E-state index contributed by atoms with van der Waals surface area (Å²) in [6.45, 7) is 1.72. The van der Waals surface area contributed by atoms with E-state index < -0.39 is 0 Å². The van der Waals surface area contributed by atoms with Gasteiger partial charge in [-0.15, -0.1) is 11.8 Å². The molecule has 1 fully saturated rings. The van der Waals surface area contributed by atoms with Crippen LogP contribution in [0.5, 0.6) is 0 Å². The van der Waals surface area contributed by atoms with E-state index in [4.69, 9.17) is 10.4 Å². The zero-order valence-electron chi connectivity index (χ0n) is 11.3. The summed E-state index contributed by atoms with van der Waals surface area (Å²) in [5.41, 5.74) is 0.631. The molecule has 20 heavy (non-hydrogen) atoms. The molecular formula is C15H18N2O2S. The molecule has 0 saturated carbocycles. The van der Waals surface area contributed by atoms with Crippen molar-refractivity contribution in [3.63, 3.8) is 0 Å². The molecule has 1 N–H and O–H groups in total. The third-order valence-corrected chi connectivity index (χ3v) is 4.57. The van der Waals surface area contributed by atoms with Gasteiger partial charge in [0.05, 0.1) is 17.4 Å². The van der Waals surface area contributed by atoms with E-state index in [0.717, 1.165) is 30.8 Å². The number of rotatable bonds is 4. The Morgan fingerprint density at radius 1 is 1.35 bits per heavy atom. The van der Waals surface area contributed by atoms with Crippen molar-refractivity contribution in [1.82, 2.24) is 4.90 Å². The molecule has 1 aliphatic heterocycles. The van der Waals surface area contributed by atoms with E-state index in [-0.39, 0.29) is 12.5 Å². The number of nitrogens with zero attached hydrogens (tertiary/aromatic N) is 2. The molecule has 0 spiro atoms. The predicted octanol–water partition coefficient (Wildman–Crippen LogP) is 1.88. The van der Waals surface area contributed by atoms with Gasteiger partial charge >= 0.3 is 0 Å². The molecule has 5 heteroatoms. The van der Waals surface area contributed by atoms with Crippen molar-refractivity contribution < 1.29 is 9.90 Å². The Hall–Kier alpha value is -1.51. The Morgan fingerprint density at radius 3 is 2.55 bits per heavy atom. The van der Waals surface area contributed by atoms with E-state index >= 15 is 0 Å². The highest BCUT2D eigenvalue weighted by Crippen LogP contribution is 2.21. The number of nitriles is 1. The molecule has 4 nitrogen and oxygen atoms in total. The Morgan fingerprint density at radius 2 is 2.00 bits per heavy atom. The highest BCUT2D eigenvalue weighted by molar-refractivity contribution is 8.00. The van der Waals surface area contributed by atoms with Gasteiger partial charge in [0.25, 0.3) is 0 Å². The van der Waals surface area contributed by atoms with Gasteiger partial charge in [-0.3, -0.25) is 4.79 Å². The fraction of sp³-hybridized carbons (Fsp3) is 0.467. The summed E-state index contributed by atoms with van der Waals surface area (Å²) < 4.78 is 0. The van der Waals surface area contributed by atoms with Gasteiger partial charge < -0.3 is 10.0 Å². The van der Waals surface area contributed by atoms with Gasteiger partial charge in [0.1, 0.15) is 0 Å². The van der Waals surface area contributed by atoms with Gasteiger partial charge in [0.15, 0.2) is 0 Å². The first-order valence-electron chi connectivity index (χ1n) is 6.74. The van der Waals surface area contributed by atoms with Crippen molar-refractivity contribution in [1.29, 1.82) is 5.26 Å². The Kier molecular flexibility index (Phi) is 5.45. The van der Waals surface area contributed by atoms with Crippen molar-refractivity contribution in [3.05, 3.63) is 29.8 Å². The van der Waals surface area contributed by atoms with E-state index in [2.05, 4.69) is 6.07 Å². The lowest BCUT2D eigenvalue weighted by Gasteiger charge is -2.31. The number of benzene rings is 1. The Bertz CT molecular complexity index is 488. The number of thioether (sulfide) groups is 1. The first-order chi connectivity index (χ1) is 9.72. The first-order valence-corrected chi connectivity index (χ1v) is 7.73. The molecular weight excluding hydrogens is 272 g/mol. The van der Waals surface area contributed by atoms with Crippen molar-refractivity contribution in [3.8, 4) is 6.07 Å². The van der Waals surface area contributed by atoms with Crippen LogP contribution in [0.1, 0.15) is 18.4 Å². The molecule has 0 aliphatic carbocycles. The number of hydrogen-bond donors (Lipinski definition) is 1. The molecule has 1 aliphatic rings. The monoisotopic (exact) mass is 290 g/mol. The van der Waals surface area contributed by atoms with Crippen molar-refractivity contribution >= 4 is 17.7 Å². The quantitative estimate of drug-likeness (QED) is 0.860. The normalized spacial score (nSPS) is 15.9. The van der Waals surface area contributed by atoms with Crippen LogP contribution in [0.2, 0.25) is 0 Å². The molecule has 0 aromatic heterocycles. The van der Waals surface area contributed by atoms with Crippen LogP contribution in [0.15, 0.2) is 29.2 Å². The Labute approximate surface area is 123 Å². The van der Waals surface area contributed by atoms with Crippen LogP contribution in [0.4, 0.5) is 0 Å². The molecule has 0 atom stereocenters. The fourth-order valence-electron chi connectivity index (χ4n) is 2.23. The van der Waals surface area contributed by atoms with Gasteiger partial charge in [-0.05, 0) is 43.0 Å². The second kappa shape index (κ2) is 7.32. The molecule has 2 rings (SSSR count). The highest BCUT2D eigenvalue weighted by atomic mass is 32.2. The van der Waals surface area contributed by atoms with Crippen molar-refractivity contribution in [2.45, 2.75) is 17.7 Å². The number of amides is 1. The molecule has 1 amide bonds. The summed E-state index contributed by atoms with van der Waals surface area (Å²) in [7, 11) is 0. The van der Waals surface area contributed by atoms with E-state index in [0.29, 0.717) is 17.2 Å². The summed E-state index contributed by atoms with van der Waals surface area (Å²) in [5.74, 6) is 0.927. The Balaban J connectivity index is 1.79. The van der Waals surface area contributed by atoms with Gasteiger partial charge in [-0.25, -0.2) is 0 Å². The number of carbonyl (C=O) groups excluding carboxylic acids is 1. The molecule has 0 radical (unpaired) electrons. The van der Waals surface area contributed by atoms with Crippen LogP contribution in [-0.4, -0.2) is 41.4 Å². The number of aliphatic hydroxyl groups excluding tert-OH is 1. The van der Waals surface area contributed by atoms with Gasteiger partial charge in [0, 0.05) is 24.6 Å². The third kappa shape index (κ3) is 3.99. The zero-order chi connectivity index (χ0) is 14.4. The number of likely N-dealkylation sites (tertiary alicyclic amines) is 1. The SMILES string of the molecule is N#Cc1ccc(SCC(=O)N2CCC(CO)CC2)cc1. The van der Waals surface area contributed by atoms with Crippen LogP contribution in [0, 0.1) is 17.2 Å². The van der Waals surface area contributed by atoms with Crippen LogP contribution in [0.25, 0.3) is 0 Å². The molecule has 1 aromatic rings. The van der Waals surface area contributed by atoms with E-state index in [9.17, 15) is 4.79 Å². The molecule has 1 aromatic carbocycles. The maximum absolute atomic E-state index is 12.1. The molecule has 106 valence electrons. The number of aliphatic hydroxyl groups is 1. The molecule has 0 unspecified atom stereocenters. The van der Waals surface area contributed by atoms with Gasteiger partial charge in [0.2, 0.25) is 5.91 Å². The number of carbonyl (C=O) groups is 1. The second-order valence-electron chi connectivity index (χ2n) is 4.93. The standard InChI is InChI=1S/C15H18N2O2S/c16-9-12-1-3-14(4-2-12)20-11-15(19)17-7-5-13(10-18)6-8-17/h1-4,13,18H,5-8,10-11H2. The summed E-state index contributed by atoms with van der Waals surface area (Å²) in [6.07, 6.45) is 1.79. The summed E-state index contributed by atoms with van der Waals surface area (Å²) in [6, 6.07) is 9.34. The van der Waals surface area contributed by atoms with E-state index in [1.807, 2.05) is 17.0 Å². The molecule has 1 heterocycles. The average Bonchev–Trinajstić information content (AvgIpc) is 2.53. The zero-order valence-corrected chi connectivity index (χ0v) is 12.1. The van der Waals surface area contributed by atoms with Crippen LogP contribution < -0.4 is 0 Å². The maximum atomic E-state index is 12.1. The second-order valence-corrected chi connectivity index (χ2v) is 5.98. The van der Waals surface area contributed by atoms with Gasteiger partial charge in [-0.2, -0.15) is 5.26 Å². The van der Waals surface area contributed by atoms with Crippen LogP contribution >= 0.6 is 11.8 Å². The van der Waals surface area contributed by atoms with Crippen LogP contribution in [-0.2, 0) is 4.79 Å². The third-order valence-electron chi connectivity index (χ3n) is 3.57. The lowest BCUT2D eigenvalue weighted by atomic mass is 9.98. The topological polar surface area (TPSA) is 64.3 Å². The fourth-order valence-corrected chi connectivity index (χ4v) is 3.03. The first kappa shape index (κ1) is 14.9. The summed E-state index contributed by atoms with van der Waals surface area (Å²) in [5, 5.41) is 17.8. The lowest BCUT2D eigenvalue weighted by molar-refractivity contribution is -0.129. The lowest BCUT2D eigenvalue weighted by Crippen LogP contribution is -2.40. The van der Waals surface area contributed by atoms with Crippen molar-refractivity contribution in [2.75, 3.05) is 25.4 Å². The highest BCUT2D eigenvalue weighted by Gasteiger charge is 2.21. The molecule has 1 saturated heterocycles. The predicted molar refractivity (Wildman–Crippen MR) is 78.3 cm³/mol. The summed E-state index contributed by atoms with van der Waals surface area (Å²) in [4.78, 5) is 15.0. The minimum atomic E-state index is 0.149. The number of hydrogen-bond acceptors (Lipinski definition) is 4. The molecule has 0 bridgehead atoms. The summed E-state index contributed by atoms with van der Waals surface area (Å²) >= 11 is 1.50. The smallest absolute Gasteiger partial charge is 0.232 e. The van der Waals surface area contributed by atoms with Gasteiger partial charge in [-0.1, -0.05) is 0 Å². The van der Waals surface area contributed by atoms with E-state index in [1.165, 1.54) is 11.8 Å². The average molecular weight is 290 g/mol. The van der Waals surface area contributed by atoms with Crippen LogP contribution in [0.3, 0.4) is 0 Å². The van der Waals surface area contributed by atoms with E-state index in [1.54, 1.807) is 12.1 Å².